The van der Waals surface area contributed by atoms with Gasteiger partial charge in [-0.15, -0.1) is 11.8 Å². The molecule has 0 N–H and O–H groups in total. The van der Waals surface area contributed by atoms with Crippen LogP contribution in [0.4, 0.5) is 5.82 Å². The standard InChI is InChI=1S/C12H16N2OS/c1-2-6-13-11(3-1)14-7-4-12(5-8-14)15-9-10-16-12/h1-3,6H,4-5,7-10H2. The van der Waals surface area contributed by atoms with E-state index < -0.39 is 0 Å². The molecule has 86 valence electrons. The van der Waals surface area contributed by atoms with E-state index in [1.807, 2.05) is 30.1 Å². The molecule has 3 rings (SSSR count). The zero-order valence-electron chi connectivity index (χ0n) is 9.26. The van der Waals surface area contributed by atoms with E-state index in [1.54, 1.807) is 0 Å². The molecule has 0 saturated carbocycles. The Balaban J connectivity index is 1.66. The molecule has 16 heavy (non-hydrogen) atoms. The molecule has 1 spiro atoms. The maximum absolute atomic E-state index is 5.88. The van der Waals surface area contributed by atoms with Crippen molar-refractivity contribution in [3.05, 3.63) is 24.4 Å². The molecule has 2 fully saturated rings. The molecular weight excluding hydrogens is 220 g/mol. The Kier molecular flexibility index (Phi) is 2.77. The third-order valence-electron chi connectivity index (χ3n) is 3.31. The van der Waals surface area contributed by atoms with Crippen LogP contribution in [0.3, 0.4) is 0 Å². The molecule has 3 heterocycles. The average molecular weight is 236 g/mol. The van der Waals surface area contributed by atoms with Crippen molar-refractivity contribution in [3.63, 3.8) is 0 Å². The van der Waals surface area contributed by atoms with Crippen molar-refractivity contribution in [3.8, 4) is 0 Å². The number of pyridine rings is 1. The molecule has 0 radical (unpaired) electrons. The molecule has 0 atom stereocenters. The molecule has 0 bridgehead atoms. The van der Waals surface area contributed by atoms with E-state index in [0.717, 1.165) is 44.1 Å². The van der Waals surface area contributed by atoms with Gasteiger partial charge >= 0.3 is 0 Å². The topological polar surface area (TPSA) is 25.4 Å². The van der Waals surface area contributed by atoms with Gasteiger partial charge in [0, 0.05) is 37.9 Å². The van der Waals surface area contributed by atoms with Crippen LogP contribution < -0.4 is 4.90 Å². The highest BCUT2D eigenvalue weighted by atomic mass is 32.2. The predicted octanol–water partition coefficient (Wildman–Crippen LogP) is 2.14. The van der Waals surface area contributed by atoms with Gasteiger partial charge in [-0.3, -0.25) is 0 Å². The van der Waals surface area contributed by atoms with Crippen LogP contribution in [0.1, 0.15) is 12.8 Å². The second kappa shape index (κ2) is 4.26. The highest BCUT2D eigenvalue weighted by Crippen LogP contribution is 2.41. The van der Waals surface area contributed by atoms with Crippen LogP contribution in [0.5, 0.6) is 0 Å². The fourth-order valence-corrected chi connectivity index (χ4v) is 3.58. The molecule has 0 amide bonds. The Bertz CT molecular complexity index is 341. The molecule has 0 aliphatic carbocycles. The van der Waals surface area contributed by atoms with Crippen LogP contribution in [-0.4, -0.2) is 35.4 Å². The van der Waals surface area contributed by atoms with Gasteiger partial charge in [-0.2, -0.15) is 0 Å². The number of hydrogen-bond acceptors (Lipinski definition) is 4. The first-order valence-corrected chi connectivity index (χ1v) is 6.80. The summed E-state index contributed by atoms with van der Waals surface area (Å²) in [6.45, 7) is 3.04. The maximum atomic E-state index is 5.88. The third-order valence-corrected chi connectivity index (χ3v) is 4.74. The summed E-state index contributed by atoms with van der Waals surface area (Å²) >= 11 is 1.99. The summed E-state index contributed by atoms with van der Waals surface area (Å²) in [6, 6.07) is 6.10. The van der Waals surface area contributed by atoms with Gasteiger partial charge in [0.05, 0.1) is 6.61 Å². The Hall–Kier alpha value is -0.740. The first-order chi connectivity index (χ1) is 7.88. The molecule has 3 nitrogen and oxygen atoms in total. The van der Waals surface area contributed by atoms with Gasteiger partial charge in [-0.25, -0.2) is 4.98 Å². The zero-order chi connectivity index (χ0) is 10.8. The largest absolute Gasteiger partial charge is 0.363 e. The zero-order valence-corrected chi connectivity index (χ0v) is 10.1. The number of nitrogens with zero attached hydrogens (tertiary/aromatic N) is 2. The van der Waals surface area contributed by atoms with Gasteiger partial charge in [0.15, 0.2) is 0 Å². The molecule has 1 aromatic heterocycles. The Morgan fingerprint density at radius 3 is 2.81 bits per heavy atom. The minimum atomic E-state index is 0.130. The van der Waals surface area contributed by atoms with Crippen LogP contribution in [0.25, 0.3) is 0 Å². The van der Waals surface area contributed by atoms with Gasteiger partial charge in [0.2, 0.25) is 0 Å². The Morgan fingerprint density at radius 1 is 1.31 bits per heavy atom. The van der Waals surface area contributed by atoms with Crippen LogP contribution in [0, 0.1) is 0 Å². The van der Waals surface area contributed by atoms with E-state index >= 15 is 0 Å². The molecule has 0 aromatic carbocycles. The smallest absolute Gasteiger partial charge is 0.128 e. The maximum Gasteiger partial charge on any atom is 0.128 e. The van der Waals surface area contributed by atoms with Crippen molar-refractivity contribution >= 4 is 17.6 Å². The molecule has 2 aliphatic rings. The third kappa shape index (κ3) is 1.92. The van der Waals surface area contributed by atoms with Crippen LogP contribution >= 0.6 is 11.8 Å². The van der Waals surface area contributed by atoms with Crippen molar-refractivity contribution in [2.24, 2.45) is 0 Å². The number of piperidine rings is 1. The highest BCUT2D eigenvalue weighted by molar-refractivity contribution is 8.00. The van der Waals surface area contributed by atoms with Gasteiger partial charge in [0.25, 0.3) is 0 Å². The van der Waals surface area contributed by atoms with Crippen LogP contribution in [0.15, 0.2) is 24.4 Å². The van der Waals surface area contributed by atoms with Gasteiger partial charge in [-0.05, 0) is 12.1 Å². The lowest BCUT2D eigenvalue weighted by Gasteiger charge is -2.38. The second-order valence-electron chi connectivity index (χ2n) is 4.28. The number of ether oxygens (including phenoxy) is 1. The average Bonchev–Trinajstić information content (AvgIpc) is 2.80. The summed E-state index contributed by atoms with van der Waals surface area (Å²) in [5.74, 6) is 2.25. The van der Waals surface area contributed by atoms with Gasteiger partial charge < -0.3 is 9.64 Å². The normalized spacial score (nSPS) is 23.9. The summed E-state index contributed by atoms with van der Waals surface area (Å²) in [5.41, 5.74) is 0. The second-order valence-corrected chi connectivity index (χ2v) is 5.72. The first kappa shape index (κ1) is 10.4. The summed E-state index contributed by atoms with van der Waals surface area (Å²) in [4.78, 5) is 6.88. The Morgan fingerprint density at radius 2 is 2.19 bits per heavy atom. The van der Waals surface area contributed by atoms with E-state index in [9.17, 15) is 0 Å². The van der Waals surface area contributed by atoms with E-state index in [4.69, 9.17) is 4.74 Å². The van der Waals surface area contributed by atoms with E-state index in [1.165, 1.54) is 0 Å². The number of thioether (sulfide) groups is 1. The number of anilines is 1. The quantitative estimate of drug-likeness (QED) is 0.746. The minimum absolute atomic E-state index is 0.130. The molecule has 4 heteroatoms. The molecule has 2 aliphatic heterocycles. The molecule has 0 unspecified atom stereocenters. The number of hydrogen-bond donors (Lipinski definition) is 0. The highest BCUT2D eigenvalue weighted by Gasteiger charge is 2.39. The van der Waals surface area contributed by atoms with Crippen molar-refractivity contribution < 1.29 is 4.74 Å². The lowest BCUT2D eigenvalue weighted by molar-refractivity contribution is 0.0334. The fourth-order valence-electron chi connectivity index (χ4n) is 2.40. The lowest BCUT2D eigenvalue weighted by Crippen LogP contribution is -2.42. The Labute approximate surface area is 100 Å². The lowest BCUT2D eigenvalue weighted by atomic mass is 10.1. The van der Waals surface area contributed by atoms with Crippen molar-refractivity contribution in [2.45, 2.75) is 17.8 Å². The van der Waals surface area contributed by atoms with Gasteiger partial charge in [-0.1, -0.05) is 6.07 Å². The first-order valence-electron chi connectivity index (χ1n) is 5.82. The van der Waals surface area contributed by atoms with Crippen molar-refractivity contribution in [1.82, 2.24) is 4.98 Å². The summed E-state index contributed by atoms with van der Waals surface area (Å²) in [7, 11) is 0. The van der Waals surface area contributed by atoms with Crippen molar-refractivity contribution in [1.29, 1.82) is 0 Å². The van der Waals surface area contributed by atoms with E-state index in [0.29, 0.717) is 0 Å². The monoisotopic (exact) mass is 236 g/mol. The molecular formula is C12H16N2OS. The summed E-state index contributed by atoms with van der Waals surface area (Å²) in [5, 5.41) is 0. The van der Waals surface area contributed by atoms with Crippen molar-refractivity contribution in [2.75, 3.05) is 30.3 Å². The summed E-state index contributed by atoms with van der Waals surface area (Å²) < 4.78 is 5.88. The fraction of sp³-hybridized carbons (Fsp3) is 0.583. The van der Waals surface area contributed by atoms with E-state index in [2.05, 4.69) is 16.0 Å². The van der Waals surface area contributed by atoms with Crippen LogP contribution in [0.2, 0.25) is 0 Å². The van der Waals surface area contributed by atoms with E-state index in [-0.39, 0.29) is 4.93 Å². The SMILES string of the molecule is c1ccc(N2CCC3(CC2)OCCS3)nc1. The van der Waals surface area contributed by atoms with Gasteiger partial charge in [0.1, 0.15) is 10.8 Å². The number of aromatic nitrogens is 1. The van der Waals surface area contributed by atoms with Crippen LogP contribution in [-0.2, 0) is 4.74 Å². The molecule has 1 aromatic rings. The summed E-state index contributed by atoms with van der Waals surface area (Å²) in [6.07, 6.45) is 4.10. The number of rotatable bonds is 1. The predicted molar refractivity (Wildman–Crippen MR) is 66.8 cm³/mol. The molecule has 2 saturated heterocycles. The minimum Gasteiger partial charge on any atom is -0.363 e.